The quantitative estimate of drug-likeness (QED) is 0.790. The zero-order chi connectivity index (χ0) is 12.3. The van der Waals surface area contributed by atoms with Gasteiger partial charge in [0.15, 0.2) is 5.43 Å². The highest BCUT2D eigenvalue weighted by molar-refractivity contribution is 5.86. The van der Waals surface area contributed by atoms with Crippen LogP contribution in [0.5, 0.6) is 0 Å². The zero-order valence-corrected chi connectivity index (χ0v) is 9.30. The van der Waals surface area contributed by atoms with Crippen LogP contribution in [0.4, 0.5) is 0 Å². The lowest BCUT2D eigenvalue weighted by Crippen LogP contribution is -2.22. The second kappa shape index (κ2) is 4.49. The van der Waals surface area contributed by atoms with E-state index in [9.17, 15) is 14.7 Å². The average Bonchev–Trinajstić information content (AvgIpc) is 2.14. The van der Waals surface area contributed by atoms with Gasteiger partial charge in [-0.1, -0.05) is 0 Å². The molecule has 0 atom stereocenters. The molecule has 5 nitrogen and oxygen atoms in total. The predicted octanol–water partition coefficient (Wildman–Crippen LogP) is 0.708. The number of pyridine rings is 1. The smallest absolute Gasteiger partial charge is 0.341 e. The summed E-state index contributed by atoms with van der Waals surface area (Å²) in [6.45, 7) is 3.81. The molecule has 5 heteroatoms. The van der Waals surface area contributed by atoms with E-state index in [1.165, 1.54) is 18.5 Å². The minimum absolute atomic E-state index is 0.252. The van der Waals surface area contributed by atoms with Crippen molar-refractivity contribution in [3.05, 3.63) is 34.2 Å². The van der Waals surface area contributed by atoms with Gasteiger partial charge in [-0.25, -0.2) is 4.79 Å². The molecule has 0 radical (unpaired) electrons. The third-order valence-electron chi connectivity index (χ3n) is 2.19. The molecule has 0 amide bonds. The summed E-state index contributed by atoms with van der Waals surface area (Å²) < 4.78 is 1.59. The van der Waals surface area contributed by atoms with Gasteiger partial charge in [0.2, 0.25) is 0 Å². The summed E-state index contributed by atoms with van der Waals surface area (Å²) in [4.78, 5) is 21.9. The Morgan fingerprint density at radius 1 is 1.50 bits per heavy atom. The molecule has 0 aliphatic carbocycles. The van der Waals surface area contributed by atoms with Crippen molar-refractivity contribution in [3.8, 4) is 0 Å². The summed E-state index contributed by atoms with van der Waals surface area (Å²) in [5.41, 5.74) is -1.57. The lowest BCUT2D eigenvalue weighted by Gasteiger charge is -2.17. The summed E-state index contributed by atoms with van der Waals surface area (Å²) in [6.07, 6.45) is 3.28. The lowest BCUT2D eigenvalue weighted by molar-refractivity contribution is 0.0661. The van der Waals surface area contributed by atoms with Crippen LogP contribution in [-0.2, 0) is 6.54 Å². The molecule has 88 valence electrons. The normalized spacial score (nSPS) is 11.4. The molecule has 0 saturated heterocycles. The molecule has 0 unspecified atom stereocenters. The van der Waals surface area contributed by atoms with E-state index in [1.807, 2.05) is 0 Å². The highest BCUT2D eigenvalue weighted by Gasteiger charge is 2.13. The maximum absolute atomic E-state index is 11.2. The van der Waals surface area contributed by atoms with Crippen molar-refractivity contribution in [2.45, 2.75) is 32.4 Å². The first kappa shape index (κ1) is 12.4. The van der Waals surface area contributed by atoms with Gasteiger partial charge >= 0.3 is 5.97 Å². The van der Waals surface area contributed by atoms with Crippen LogP contribution in [0, 0.1) is 0 Å². The first-order valence-corrected chi connectivity index (χ1v) is 4.95. The highest BCUT2D eigenvalue weighted by atomic mass is 16.4. The molecule has 1 heterocycles. The number of rotatable bonds is 4. The Kier molecular flexibility index (Phi) is 3.49. The Hall–Kier alpha value is -1.62. The molecule has 0 fully saturated rings. The van der Waals surface area contributed by atoms with E-state index in [2.05, 4.69) is 0 Å². The second-order valence-corrected chi connectivity index (χ2v) is 4.33. The van der Waals surface area contributed by atoms with E-state index in [0.29, 0.717) is 13.0 Å². The highest BCUT2D eigenvalue weighted by Crippen LogP contribution is 2.08. The van der Waals surface area contributed by atoms with Gasteiger partial charge in [-0.2, -0.15) is 0 Å². The van der Waals surface area contributed by atoms with E-state index in [0.717, 1.165) is 0 Å². The minimum atomic E-state index is -1.23. The molecular weight excluding hydrogens is 210 g/mol. The first-order valence-electron chi connectivity index (χ1n) is 4.95. The molecule has 0 bridgehead atoms. The van der Waals surface area contributed by atoms with Crippen LogP contribution in [0.3, 0.4) is 0 Å². The topological polar surface area (TPSA) is 79.5 Å². The third kappa shape index (κ3) is 3.51. The fraction of sp³-hybridized carbons (Fsp3) is 0.455. The molecule has 1 aromatic heterocycles. The molecule has 0 aromatic carbocycles. The van der Waals surface area contributed by atoms with E-state index in [4.69, 9.17) is 5.11 Å². The Morgan fingerprint density at radius 2 is 2.12 bits per heavy atom. The number of hydrogen-bond acceptors (Lipinski definition) is 3. The Bertz CT molecular complexity index is 442. The molecule has 0 spiro atoms. The maximum atomic E-state index is 11.2. The number of aromatic carboxylic acids is 1. The number of carboxylic acids is 1. The number of aromatic nitrogens is 1. The zero-order valence-electron chi connectivity index (χ0n) is 9.30. The molecule has 0 aliphatic rings. The van der Waals surface area contributed by atoms with Crippen LogP contribution in [0.2, 0.25) is 0 Å². The van der Waals surface area contributed by atoms with Gasteiger partial charge in [0.05, 0.1) is 5.60 Å². The van der Waals surface area contributed by atoms with Crippen LogP contribution < -0.4 is 5.43 Å². The van der Waals surface area contributed by atoms with Crippen molar-refractivity contribution < 1.29 is 15.0 Å². The Labute approximate surface area is 93.0 Å². The molecule has 0 aliphatic heterocycles. The fourth-order valence-corrected chi connectivity index (χ4v) is 1.23. The van der Waals surface area contributed by atoms with Crippen LogP contribution >= 0.6 is 0 Å². The number of hydrogen-bond donors (Lipinski definition) is 2. The second-order valence-electron chi connectivity index (χ2n) is 4.33. The Balaban J connectivity index is 2.88. The third-order valence-corrected chi connectivity index (χ3v) is 2.19. The number of aryl methyl sites for hydroxylation is 1. The van der Waals surface area contributed by atoms with Crippen LogP contribution in [0.1, 0.15) is 30.6 Å². The SMILES string of the molecule is CC(C)(O)CCn1ccc(=O)c(C(=O)O)c1. The van der Waals surface area contributed by atoms with E-state index >= 15 is 0 Å². The van der Waals surface area contributed by atoms with Gasteiger partial charge in [0.25, 0.3) is 0 Å². The van der Waals surface area contributed by atoms with Crippen molar-refractivity contribution >= 4 is 5.97 Å². The van der Waals surface area contributed by atoms with Gasteiger partial charge < -0.3 is 14.8 Å². The summed E-state index contributed by atoms with van der Waals surface area (Å²) in [5, 5.41) is 18.3. The summed E-state index contributed by atoms with van der Waals surface area (Å²) >= 11 is 0. The van der Waals surface area contributed by atoms with Crippen molar-refractivity contribution in [1.82, 2.24) is 4.57 Å². The van der Waals surface area contributed by atoms with Gasteiger partial charge in [-0.05, 0) is 20.3 Å². The van der Waals surface area contributed by atoms with Gasteiger partial charge in [-0.3, -0.25) is 4.79 Å². The molecule has 1 rings (SSSR count). The van der Waals surface area contributed by atoms with Crippen LogP contribution in [-0.4, -0.2) is 26.4 Å². The monoisotopic (exact) mass is 225 g/mol. The van der Waals surface area contributed by atoms with E-state index in [1.54, 1.807) is 18.4 Å². The van der Waals surface area contributed by atoms with Crippen molar-refractivity contribution in [3.63, 3.8) is 0 Å². The number of nitrogens with zero attached hydrogens (tertiary/aromatic N) is 1. The predicted molar refractivity (Wildman–Crippen MR) is 58.6 cm³/mol. The maximum Gasteiger partial charge on any atom is 0.341 e. The first-order chi connectivity index (χ1) is 7.29. The van der Waals surface area contributed by atoms with Crippen LogP contribution in [0.25, 0.3) is 0 Å². The largest absolute Gasteiger partial charge is 0.477 e. The number of carboxylic acid groups (broad SMARTS) is 1. The van der Waals surface area contributed by atoms with Gasteiger partial charge in [0.1, 0.15) is 5.56 Å². The van der Waals surface area contributed by atoms with Gasteiger partial charge in [-0.15, -0.1) is 0 Å². The standard InChI is InChI=1S/C11H15NO4/c1-11(2,16)4-6-12-5-3-9(13)8(7-12)10(14)15/h3,5,7,16H,4,6H2,1-2H3,(H,14,15). The summed E-state index contributed by atoms with van der Waals surface area (Å²) in [7, 11) is 0. The van der Waals surface area contributed by atoms with Crippen molar-refractivity contribution in [2.75, 3.05) is 0 Å². The van der Waals surface area contributed by atoms with Crippen molar-refractivity contribution in [2.24, 2.45) is 0 Å². The fourth-order valence-electron chi connectivity index (χ4n) is 1.23. The Morgan fingerprint density at radius 3 is 2.62 bits per heavy atom. The molecular formula is C11H15NO4. The molecule has 2 N–H and O–H groups in total. The number of carbonyl (C=O) groups is 1. The molecule has 16 heavy (non-hydrogen) atoms. The van der Waals surface area contributed by atoms with Gasteiger partial charge in [0, 0.05) is 25.0 Å². The van der Waals surface area contributed by atoms with Crippen molar-refractivity contribution in [1.29, 1.82) is 0 Å². The molecule has 0 saturated carbocycles. The molecule has 1 aromatic rings. The van der Waals surface area contributed by atoms with Crippen LogP contribution in [0.15, 0.2) is 23.3 Å². The minimum Gasteiger partial charge on any atom is -0.477 e. The summed E-state index contributed by atoms with van der Waals surface area (Å²) in [5.74, 6) is -1.23. The van der Waals surface area contributed by atoms with E-state index < -0.39 is 17.0 Å². The number of aliphatic hydroxyl groups is 1. The lowest BCUT2D eigenvalue weighted by atomic mass is 10.1. The average molecular weight is 225 g/mol. The summed E-state index contributed by atoms with van der Waals surface area (Å²) in [6, 6.07) is 1.22. The van der Waals surface area contributed by atoms with E-state index in [-0.39, 0.29) is 5.56 Å².